The highest BCUT2D eigenvalue weighted by Crippen LogP contribution is 2.32. The van der Waals surface area contributed by atoms with Crippen LogP contribution < -0.4 is 0 Å². The lowest BCUT2D eigenvalue weighted by Gasteiger charge is -2.10. The SMILES string of the molecule is Cc1cc(-c2nc(Cl)c(I)c(C(C)C)n2)c(C)s1. The van der Waals surface area contributed by atoms with Crippen molar-refractivity contribution in [2.24, 2.45) is 0 Å². The van der Waals surface area contributed by atoms with Crippen LogP contribution in [0.2, 0.25) is 5.15 Å². The number of thiophene rings is 1. The molecule has 2 aromatic heterocycles. The Bertz CT molecular complexity index is 593. The Kier molecular flexibility index (Phi) is 4.29. The first-order chi connectivity index (χ1) is 8.40. The lowest BCUT2D eigenvalue weighted by molar-refractivity contribution is 0.808. The molecule has 0 spiro atoms. The molecule has 0 bridgehead atoms. The zero-order valence-electron chi connectivity index (χ0n) is 10.7. The summed E-state index contributed by atoms with van der Waals surface area (Å²) in [7, 11) is 0. The normalized spacial score (nSPS) is 11.3. The Hall–Kier alpha value is -0.200. The molecule has 0 aliphatic rings. The molecular formula is C13H14ClIN2S. The van der Waals surface area contributed by atoms with Crippen LogP contribution in [0.1, 0.15) is 35.2 Å². The average Bonchev–Trinajstić information content (AvgIpc) is 2.61. The second kappa shape index (κ2) is 5.43. The highest BCUT2D eigenvalue weighted by molar-refractivity contribution is 14.1. The fourth-order valence-electron chi connectivity index (χ4n) is 1.79. The molecule has 2 rings (SSSR count). The summed E-state index contributed by atoms with van der Waals surface area (Å²) in [5, 5.41) is 0.549. The highest BCUT2D eigenvalue weighted by atomic mass is 127. The van der Waals surface area contributed by atoms with Gasteiger partial charge >= 0.3 is 0 Å². The molecule has 5 heteroatoms. The van der Waals surface area contributed by atoms with Crippen LogP contribution in [0.3, 0.4) is 0 Å². The summed E-state index contributed by atoms with van der Waals surface area (Å²) in [5.41, 5.74) is 2.12. The molecule has 2 aromatic rings. The number of rotatable bonds is 2. The van der Waals surface area contributed by atoms with Crippen LogP contribution in [-0.4, -0.2) is 9.97 Å². The van der Waals surface area contributed by atoms with Gasteiger partial charge in [0, 0.05) is 15.3 Å². The second-order valence-corrected chi connectivity index (χ2v) is 7.42. The van der Waals surface area contributed by atoms with E-state index in [-0.39, 0.29) is 0 Å². The lowest BCUT2D eigenvalue weighted by Crippen LogP contribution is -2.02. The summed E-state index contributed by atoms with van der Waals surface area (Å²) < 4.78 is 0.956. The van der Waals surface area contributed by atoms with Gasteiger partial charge in [-0.05, 0) is 48.4 Å². The quantitative estimate of drug-likeness (QED) is 0.518. The van der Waals surface area contributed by atoms with Crippen LogP contribution >= 0.6 is 45.5 Å². The zero-order chi connectivity index (χ0) is 13.4. The summed E-state index contributed by atoms with van der Waals surface area (Å²) in [6, 6.07) is 2.13. The maximum atomic E-state index is 6.22. The molecule has 0 fully saturated rings. The number of aryl methyl sites for hydroxylation is 2. The van der Waals surface area contributed by atoms with Crippen molar-refractivity contribution in [3.05, 3.63) is 30.2 Å². The van der Waals surface area contributed by atoms with Gasteiger partial charge in [0.05, 0.1) is 9.26 Å². The maximum Gasteiger partial charge on any atom is 0.162 e. The van der Waals surface area contributed by atoms with Crippen LogP contribution in [0.25, 0.3) is 11.4 Å². The molecule has 0 saturated heterocycles. The van der Waals surface area contributed by atoms with Crippen LogP contribution in [0.15, 0.2) is 6.07 Å². The molecule has 0 aliphatic heterocycles. The fraction of sp³-hybridized carbons (Fsp3) is 0.385. The minimum atomic E-state index is 0.344. The van der Waals surface area contributed by atoms with Crippen LogP contribution in [-0.2, 0) is 0 Å². The summed E-state index contributed by atoms with van der Waals surface area (Å²) in [6.45, 7) is 8.43. The topological polar surface area (TPSA) is 25.8 Å². The van der Waals surface area contributed by atoms with Gasteiger partial charge in [-0.15, -0.1) is 11.3 Å². The minimum Gasteiger partial charge on any atom is -0.232 e. The number of hydrogen-bond donors (Lipinski definition) is 0. The third-order valence-corrected chi connectivity index (χ3v) is 5.29. The van der Waals surface area contributed by atoms with E-state index in [0.717, 1.165) is 20.7 Å². The third kappa shape index (κ3) is 2.70. The molecule has 0 N–H and O–H groups in total. The van der Waals surface area contributed by atoms with Gasteiger partial charge in [-0.1, -0.05) is 25.4 Å². The molecular weight excluding hydrogens is 379 g/mol. The predicted molar refractivity (Wildman–Crippen MR) is 86.6 cm³/mol. The van der Waals surface area contributed by atoms with E-state index in [1.54, 1.807) is 11.3 Å². The molecule has 18 heavy (non-hydrogen) atoms. The fourth-order valence-corrected chi connectivity index (χ4v) is 3.75. The van der Waals surface area contributed by atoms with E-state index in [9.17, 15) is 0 Å². The lowest BCUT2D eigenvalue weighted by atomic mass is 10.1. The molecule has 2 nitrogen and oxygen atoms in total. The molecule has 0 radical (unpaired) electrons. The largest absolute Gasteiger partial charge is 0.232 e. The average molecular weight is 393 g/mol. The van der Waals surface area contributed by atoms with Crippen LogP contribution in [0.5, 0.6) is 0 Å². The minimum absolute atomic E-state index is 0.344. The Morgan fingerprint density at radius 3 is 2.44 bits per heavy atom. The van der Waals surface area contributed by atoms with Gasteiger partial charge < -0.3 is 0 Å². The Morgan fingerprint density at radius 2 is 1.94 bits per heavy atom. The van der Waals surface area contributed by atoms with E-state index in [0.29, 0.717) is 11.1 Å². The maximum absolute atomic E-state index is 6.22. The predicted octanol–water partition coefficient (Wildman–Crippen LogP) is 5.20. The zero-order valence-corrected chi connectivity index (χ0v) is 14.4. The monoisotopic (exact) mass is 392 g/mol. The summed E-state index contributed by atoms with van der Waals surface area (Å²) >= 11 is 10.2. The summed E-state index contributed by atoms with van der Waals surface area (Å²) in [4.78, 5) is 11.6. The first-order valence-electron chi connectivity index (χ1n) is 5.70. The van der Waals surface area contributed by atoms with Crippen molar-refractivity contribution in [1.82, 2.24) is 9.97 Å². The van der Waals surface area contributed by atoms with Crippen LogP contribution in [0.4, 0.5) is 0 Å². The van der Waals surface area contributed by atoms with Gasteiger partial charge in [0.25, 0.3) is 0 Å². The summed E-state index contributed by atoms with van der Waals surface area (Å²) in [6.07, 6.45) is 0. The molecule has 0 aromatic carbocycles. The van der Waals surface area contributed by atoms with Crippen molar-refractivity contribution in [2.75, 3.05) is 0 Å². The first-order valence-corrected chi connectivity index (χ1v) is 7.97. The van der Waals surface area contributed by atoms with Gasteiger partial charge in [-0.3, -0.25) is 0 Å². The second-order valence-electron chi connectivity index (χ2n) is 4.52. The molecule has 96 valence electrons. The van der Waals surface area contributed by atoms with E-state index in [2.05, 4.69) is 66.3 Å². The molecule has 2 heterocycles. The van der Waals surface area contributed by atoms with Gasteiger partial charge in [0.1, 0.15) is 5.15 Å². The van der Waals surface area contributed by atoms with Crippen molar-refractivity contribution in [3.8, 4) is 11.4 Å². The van der Waals surface area contributed by atoms with E-state index < -0.39 is 0 Å². The Morgan fingerprint density at radius 1 is 1.28 bits per heavy atom. The van der Waals surface area contributed by atoms with E-state index in [1.807, 2.05) is 0 Å². The molecule has 0 saturated carbocycles. The van der Waals surface area contributed by atoms with Gasteiger partial charge in [-0.25, -0.2) is 9.97 Å². The van der Waals surface area contributed by atoms with E-state index in [4.69, 9.17) is 11.6 Å². The summed E-state index contributed by atoms with van der Waals surface area (Å²) in [5.74, 6) is 1.09. The molecule has 0 atom stereocenters. The number of hydrogen-bond acceptors (Lipinski definition) is 3. The number of aromatic nitrogens is 2. The standard InChI is InChI=1S/C13H14ClIN2S/c1-6(2)11-10(15)12(14)17-13(16-11)9-5-7(3)18-8(9)4/h5-6H,1-4H3. The van der Waals surface area contributed by atoms with E-state index in [1.165, 1.54) is 9.75 Å². The smallest absolute Gasteiger partial charge is 0.162 e. The molecule has 0 aliphatic carbocycles. The molecule has 0 amide bonds. The van der Waals surface area contributed by atoms with Gasteiger partial charge in [0.15, 0.2) is 5.82 Å². The van der Waals surface area contributed by atoms with Crippen molar-refractivity contribution in [1.29, 1.82) is 0 Å². The van der Waals surface area contributed by atoms with E-state index >= 15 is 0 Å². The highest BCUT2D eigenvalue weighted by Gasteiger charge is 2.16. The van der Waals surface area contributed by atoms with Gasteiger partial charge in [0.2, 0.25) is 0 Å². The Labute approximate surface area is 130 Å². The Balaban J connectivity index is 2.62. The number of nitrogens with zero attached hydrogens (tertiary/aromatic N) is 2. The molecule has 0 unspecified atom stereocenters. The van der Waals surface area contributed by atoms with Gasteiger partial charge in [-0.2, -0.15) is 0 Å². The van der Waals surface area contributed by atoms with Crippen molar-refractivity contribution < 1.29 is 0 Å². The first kappa shape index (κ1) is 14.2. The number of halogens is 2. The van der Waals surface area contributed by atoms with Crippen LogP contribution in [0, 0.1) is 17.4 Å². The third-order valence-electron chi connectivity index (χ3n) is 2.67. The van der Waals surface area contributed by atoms with Crippen molar-refractivity contribution >= 4 is 45.5 Å². The van der Waals surface area contributed by atoms with Crippen molar-refractivity contribution in [3.63, 3.8) is 0 Å². The van der Waals surface area contributed by atoms with Crippen molar-refractivity contribution in [2.45, 2.75) is 33.6 Å².